The highest BCUT2D eigenvalue weighted by Gasteiger charge is 2.15. The predicted octanol–water partition coefficient (Wildman–Crippen LogP) is 1.22. The zero-order valence-electron chi connectivity index (χ0n) is 8.53. The van der Waals surface area contributed by atoms with Gasteiger partial charge in [0.1, 0.15) is 4.90 Å². The van der Waals surface area contributed by atoms with Crippen molar-refractivity contribution in [3.8, 4) is 17.8 Å². The van der Waals surface area contributed by atoms with E-state index in [9.17, 15) is 0 Å². The number of hydrogen-bond donors (Lipinski definition) is 0. The maximum Gasteiger partial charge on any atom is 0.322 e. The van der Waals surface area contributed by atoms with Crippen LogP contribution in [0.15, 0.2) is 4.90 Å². The van der Waals surface area contributed by atoms with Crippen LogP contribution in [0.1, 0.15) is 0 Å². The van der Waals surface area contributed by atoms with Crippen LogP contribution in [0, 0.1) is 0 Å². The molecule has 0 radical (unpaired) electrons. The normalized spacial score (nSPS) is 9.71. The molecule has 0 amide bonds. The molecular weight excluding hydrogens is 204 g/mol. The van der Waals surface area contributed by atoms with Gasteiger partial charge in [-0.05, 0) is 6.26 Å². The summed E-state index contributed by atoms with van der Waals surface area (Å²) in [4.78, 5) is 8.83. The number of methoxy groups -OCH3 is 3. The van der Waals surface area contributed by atoms with Crippen LogP contribution in [0.3, 0.4) is 0 Å². The van der Waals surface area contributed by atoms with Crippen molar-refractivity contribution in [3.05, 3.63) is 0 Å². The molecule has 0 bridgehead atoms. The smallest absolute Gasteiger partial charge is 0.322 e. The summed E-state index contributed by atoms with van der Waals surface area (Å²) in [5, 5.41) is 0. The van der Waals surface area contributed by atoms with Crippen LogP contribution in [0.2, 0.25) is 0 Å². The Morgan fingerprint density at radius 1 is 0.929 bits per heavy atom. The molecule has 0 aromatic carbocycles. The van der Waals surface area contributed by atoms with Gasteiger partial charge in [-0.25, -0.2) is 0 Å². The standard InChI is InChI=1S/C8H12N2O3S/c1-11-6-5(14-4)7(12-2)10-8(9-6)13-3/h1-4H3. The third kappa shape index (κ3) is 2.01. The molecule has 0 atom stereocenters. The SMILES string of the molecule is COc1nc(OC)c(SC)c(OC)n1. The fourth-order valence-corrected chi connectivity index (χ4v) is 1.54. The van der Waals surface area contributed by atoms with E-state index in [0.717, 1.165) is 4.90 Å². The van der Waals surface area contributed by atoms with Crippen LogP contribution in [-0.4, -0.2) is 37.6 Å². The zero-order chi connectivity index (χ0) is 10.6. The number of hydrogen-bond acceptors (Lipinski definition) is 6. The molecule has 0 N–H and O–H groups in total. The van der Waals surface area contributed by atoms with Gasteiger partial charge in [0, 0.05) is 0 Å². The van der Waals surface area contributed by atoms with Crippen LogP contribution in [0.4, 0.5) is 0 Å². The van der Waals surface area contributed by atoms with Crippen molar-refractivity contribution in [1.29, 1.82) is 0 Å². The fourth-order valence-electron chi connectivity index (χ4n) is 0.934. The van der Waals surface area contributed by atoms with Crippen LogP contribution in [0.5, 0.6) is 17.8 Å². The lowest BCUT2D eigenvalue weighted by atomic mass is 10.6. The van der Waals surface area contributed by atoms with Crippen molar-refractivity contribution in [2.75, 3.05) is 27.6 Å². The second kappa shape index (κ2) is 4.90. The zero-order valence-corrected chi connectivity index (χ0v) is 9.34. The van der Waals surface area contributed by atoms with Crippen molar-refractivity contribution in [2.45, 2.75) is 4.90 Å². The highest BCUT2D eigenvalue weighted by atomic mass is 32.2. The second-order valence-electron chi connectivity index (χ2n) is 2.26. The summed E-state index contributed by atoms with van der Waals surface area (Å²) in [6.07, 6.45) is 1.90. The monoisotopic (exact) mass is 216 g/mol. The number of ether oxygens (including phenoxy) is 3. The van der Waals surface area contributed by atoms with Crippen LogP contribution >= 0.6 is 11.8 Å². The molecular formula is C8H12N2O3S. The molecule has 1 aromatic heterocycles. The third-order valence-corrected chi connectivity index (χ3v) is 2.31. The van der Waals surface area contributed by atoms with Gasteiger partial charge in [0.15, 0.2) is 0 Å². The molecule has 1 rings (SSSR count). The van der Waals surface area contributed by atoms with E-state index in [4.69, 9.17) is 14.2 Å². The maximum absolute atomic E-state index is 5.09. The van der Waals surface area contributed by atoms with Crippen LogP contribution in [-0.2, 0) is 0 Å². The number of thioether (sulfide) groups is 1. The fraction of sp³-hybridized carbons (Fsp3) is 0.500. The van der Waals surface area contributed by atoms with Crippen molar-refractivity contribution < 1.29 is 14.2 Å². The van der Waals surface area contributed by atoms with Crippen molar-refractivity contribution in [3.63, 3.8) is 0 Å². The van der Waals surface area contributed by atoms with Gasteiger partial charge in [0.25, 0.3) is 0 Å². The molecule has 0 aliphatic carbocycles. The van der Waals surface area contributed by atoms with E-state index in [2.05, 4.69) is 9.97 Å². The molecule has 0 spiro atoms. The molecule has 6 heteroatoms. The van der Waals surface area contributed by atoms with E-state index in [1.54, 1.807) is 14.2 Å². The van der Waals surface area contributed by atoms with E-state index in [1.807, 2.05) is 6.26 Å². The number of rotatable bonds is 4. The van der Waals surface area contributed by atoms with Gasteiger partial charge < -0.3 is 14.2 Å². The lowest BCUT2D eigenvalue weighted by Crippen LogP contribution is -2.00. The second-order valence-corrected chi connectivity index (χ2v) is 3.08. The van der Waals surface area contributed by atoms with Gasteiger partial charge in [-0.15, -0.1) is 11.8 Å². The largest absolute Gasteiger partial charge is 0.480 e. The Hall–Kier alpha value is -1.17. The van der Waals surface area contributed by atoms with Gasteiger partial charge in [-0.1, -0.05) is 0 Å². The summed E-state index contributed by atoms with van der Waals surface area (Å²) in [6, 6.07) is 0.233. The van der Waals surface area contributed by atoms with E-state index in [1.165, 1.54) is 18.9 Å². The summed E-state index contributed by atoms with van der Waals surface area (Å²) in [7, 11) is 4.58. The summed E-state index contributed by atoms with van der Waals surface area (Å²) in [6.45, 7) is 0. The summed E-state index contributed by atoms with van der Waals surface area (Å²) < 4.78 is 15.1. The molecule has 0 aliphatic heterocycles. The summed E-state index contributed by atoms with van der Waals surface area (Å²) in [5.41, 5.74) is 0. The Kier molecular flexibility index (Phi) is 3.82. The Bertz CT molecular complexity index is 294. The first-order chi connectivity index (χ1) is 6.76. The lowest BCUT2D eigenvalue weighted by Gasteiger charge is -2.09. The summed E-state index contributed by atoms with van der Waals surface area (Å²) >= 11 is 1.46. The van der Waals surface area contributed by atoms with E-state index >= 15 is 0 Å². The van der Waals surface area contributed by atoms with Gasteiger partial charge in [0.2, 0.25) is 11.8 Å². The van der Waals surface area contributed by atoms with E-state index in [0.29, 0.717) is 11.8 Å². The number of nitrogens with zero attached hydrogens (tertiary/aromatic N) is 2. The molecule has 78 valence electrons. The maximum atomic E-state index is 5.09. The molecule has 0 fully saturated rings. The van der Waals surface area contributed by atoms with Crippen LogP contribution in [0.25, 0.3) is 0 Å². The molecule has 0 unspecified atom stereocenters. The van der Waals surface area contributed by atoms with Crippen molar-refractivity contribution >= 4 is 11.8 Å². The lowest BCUT2D eigenvalue weighted by molar-refractivity contribution is 0.316. The molecule has 5 nitrogen and oxygen atoms in total. The Morgan fingerprint density at radius 2 is 1.43 bits per heavy atom. The molecule has 0 saturated heterocycles. The average molecular weight is 216 g/mol. The van der Waals surface area contributed by atoms with Gasteiger partial charge in [-0.3, -0.25) is 0 Å². The molecule has 0 saturated carbocycles. The van der Waals surface area contributed by atoms with Gasteiger partial charge >= 0.3 is 6.01 Å². The minimum atomic E-state index is 0.233. The molecule has 1 aromatic rings. The highest BCUT2D eigenvalue weighted by Crippen LogP contribution is 2.34. The first-order valence-corrected chi connectivity index (χ1v) is 5.07. The molecule has 14 heavy (non-hydrogen) atoms. The quantitative estimate of drug-likeness (QED) is 0.705. The van der Waals surface area contributed by atoms with Gasteiger partial charge in [0.05, 0.1) is 21.3 Å². The third-order valence-electron chi connectivity index (χ3n) is 1.56. The highest BCUT2D eigenvalue weighted by molar-refractivity contribution is 7.98. The van der Waals surface area contributed by atoms with Crippen molar-refractivity contribution in [1.82, 2.24) is 9.97 Å². The van der Waals surface area contributed by atoms with Gasteiger partial charge in [-0.2, -0.15) is 9.97 Å². The molecule has 0 aliphatic rings. The Balaban J connectivity index is 3.24. The van der Waals surface area contributed by atoms with Crippen LogP contribution < -0.4 is 14.2 Å². The van der Waals surface area contributed by atoms with E-state index in [-0.39, 0.29) is 6.01 Å². The first-order valence-electron chi connectivity index (χ1n) is 3.84. The first kappa shape index (κ1) is 10.9. The van der Waals surface area contributed by atoms with E-state index < -0.39 is 0 Å². The Morgan fingerprint density at radius 3 is 1.71 bits per heavy atom. The predicted molar refractivity (Wildman–Crippen MR) is 53.5 cm³/mol. The molecule has 1 heterocycles. The van der Waals surface area contributed by atoms with Crippen molar-refractivity contribution in [2.24, 2.45) is 0 Å². The minimum Gasteiger partial charge on any atom is -0.480 e. The topological polar surface area (TPSA) is 53.5 Å². The Labute approximate surface area is 86.8 Å². The number of aromatic nitrogens is 2. The summed E-state index contributed by atoms with van der Waals surface area (Å²) in [5.74, 6) is 0.919. The average Bonchev–Trinajstić information content (AvgIpc) is 2.26. The minimum absolute atomic E-state index is 0.233.